The number of hydrogen-bond acceptors (Lipinski definition) is 2. The van der Waals surface area contributed by atoms with Crippen LogP contribution >= 0.6 is 0 Å². The third kappa shape index (κ3) is 2.14. The van der Waals surface area contributed by atoms with Gasteiger partial charge < -0.3 is 4.84 Å². The lowest BCUT2D eigenvalue weighted by molar-refractivity contribution is -0.172. The van der Waals surface area contributed by atoms with Crippen molar-refractivity contribution < 1.29 is 4.84 Å². The fourth-order valence-electron chi connectivity index (χ4n) is 2.88. The van der Waals surface area contributed by atoms with Crippen molar-refractivity contribution in [3.63, 3.8) is 0 Å². The van der Waals surface area contributed by atoms with Crippen molar-refractivity contribution >= 4 is 0 Å². The molecule has 1 atom stereocenters. The van der Waals surface area contributed by atoms with Gasteiger partial charge in [0.15, 0.2) is 0 Å². The first kappa shape index (κ1) is 13.4. The molecule has 2 rings (SSSR count). The molecular formula is C16H25NO. The van der Waals surface area contributed by atoms with E-state index in [1.807, 2.05) is 12.2 Å². The first-order valence-electron chi connectivity index (χ1n) is 6.89. The second-order valence-corrected chi connectivity index (χ2v) is 6.51. The molecule has 0 aromatic carbocycles. The van der Waals surface area contributed by atoms with Crippen LogP contribution in [0.25, 0.3) is 0 Å². The van der Waals surface area contributed by atoms with Crippen molar-refractivity contribution in [2.75, 3.05) is 6.54 Å². The van der Waals surface area contributed by atoms with Crippen molar-refractivity contribution in [3.05, 3.63) is 36.1 Å². The van der Waals surface area contributed by atoms with Gasteiger partial charge in [-0.25, -0.2) is 0 Å². The van der Waals surface area contributed by atoms with Crippen LogP contribution in [0, 0.1) is 5.41 Å². The molecule has 1 saturated heterocycles. The van der Waals surface area contributed by atoms with E-state index in [-0.39, 0.29) is 11.0 Å². The van der Waals surface area contributed by atoms with Crippen LogP contribution in [-0.2, 0) is 4.84 Å². The third-order valence-corrected chi connectivity index (χ3v) is 3.93. The average molecular weight is 247 g/mol. The molecule has 18 heavy (non-hydrogen) atoms. The first-order valence-corrected chi connectivity index (χ1v) is 6.89. The molecule has 0 aromatic heterocycles. The zero-order valence-electron chi connectivity index (χ0n) is 12.1. The topological polar surface area (TPSA) is 12.5 Å². The van der Waals surface area contributed by atoms with Crippen LogP contribution in [0.5, 0.6) is 0 Å². The number of hydrogen-bond donors (Lipinski definition) is 0. The number of nitrogens with zero attached hydrogens (tertiary/aromatic N) is 1. The Kier molecular flexibility index (Phi) is 3.41. The second-order valence-electron chi connectivity index (χ2n) is 6.51. The zero-order valence-corrected chi connectivity index (χ0v) is 12.1. The van der Waals surface area contributed by atoms with Crippen LogP contribution in [0.15, 0.2) is 36.1 Å². The van der Waals surface area contributed by atoms with E-state index < -0.39 is 0 Å². The van der Waals surface area contributed by atoms with Crippen molar-refractivity contribution in [2.45, 2.75) is 52.5 Å². The van der Waals surface area contributed by atoms with Gasteiger partial charge in [-0.3, -0.25) is 0 Å². The number of fused-ring (bicyclic) bond motifs is 1. The largest absolute Gasteiger partial charge is 0.409 e. The standard InChI is InChI=1S/C16H25NO/c1-6-7-10-13-14(15(2,3)4)18-17-12-9-8-11-16(13,17)5/h6-7,10H,1,8-9,11-12H2,2-5H3/b10-7+. The summed E-state index contributed by atoms with van der Waals surface area (Å²) in [7, 11) is 0. The van der Waals surface area contributed by atoms with Gasteiger partial charge in [0.05, 0.1) is 5.54 Å². The molecule has 2 aliphatic rings. The monoisotopic (exact) mass is 247 g/mol. The van der Waals surface area contributed by atoms with Gasteiger partial charge in [-0.15, -0.1) is 5.06 Å². The maximum atomic E-state index is 6.17. The van der Waals surface area contributed by atoms with E-state index in [9.17, 15) is 0 Å². The van der Waals surface area contributed by atoms with E-state index in [1.165, 1.54) is 24.8 Å². The molecule has 0 amide bonds. The van der Waals surface area contributed by atoms with Crippen LogP contribution in [0.2, 0.25) is 0 Å². The highest BCUT2D eigenvalue weighted by atomic mass is 16.7. The molecule has 2 heterocycles. The predicted molar refractivity (Wildman–Crippen MR) is 75.9 cm³/mol. The maximum Gasteiger partial charge on any atom is 0.135 e. The lowest BCUT2D eigenvalue weighted by atomic mass is 9.79. The molecule has 1 fully saturated rings. The van der Waals surface area contributed by atoms with Crippen molar-refractivity contribution in [3.8, 4) is 0 Å². The average Bonchev–Trinajstić information content (AvgIpc) is 2.59. The molecule has 1 unspecified atom stereocenters. The van der Waals surface area contributed by atoms with E-state index in [0.29, 0.717) is 0 Å². The quantitative estimate of drug-likeness (QED) is 0.677. The van der Waals surface area contributed by atoms with Crippen molar-refractivity contribution in [2.24, 2.45) is 5.41 Å². The minimum absolute atomic E-state index is 0.0420. The van der Waals surface area contributed by atoms with Crippen LogP contribution in [0.1, 0.15) is 47.0 Å². The van der Waals surface area contributed by atoms with Gasteiger partial charge in [-0.2, -0.15) is 0 Å². The molecule has 2 heteroatoms. The highest BCUT2D eigenvalue weighted by Crippen LogP contribution is 2.47. The molecule has 0 spiro atoms. The van der Waals surface area contributed by atoms with E-state index in [1.54, 1.807) is 0 Å². The van der Waals surface area contributed by atoms with Gasteiger partial charge in [-0.1, -0.05) is 45.6 Å². The molecular weight excluding hydrogens is 222 g/mol. The van der Waals surface area contributed by atoms with Gasteiger partial charge in [-0.05, 0) is 26.2 Å². The molecule has 0 radical (unpaired) electrons. The van der Waals surface area contributed by atoms with Gasteiger partial charge in [0.1, 0.15) is 5.76 Å². The van der Waals surface area contributed by atoms with Gasteiger partial charge in [0.2, 0.25) is 0 Å². The second kappa shape index (κ2) is 4.58. The molecule has 2 nitrogen and oxygen atoms in total. The minimum Gasteiger partial charge on any atom is -0.409 e. The molecule has 0 N–H and O–H groups in total. The van der Waals surface area contributed by atoms with Gasteiger partial charge in [0.25, 0.3) is 0 Å². The smallest absolute Gasteiger partial charge is 0.135 e. The van der Waals surface area contributed by atoms with Gasteiger partial charge >= 0.3 is 0 Å². The zero-order chi connectivity index (χ0) is 13.4. The SMILES string of the molecule is C=C/C=C/C1=C(C(C)(C)C)ON2CCCCC12C. The molecule has 2 aliphatic heterocycles. The van der Waals surface area contributed by atoms with Crippen molar-refractivity contribution in [1.82, 2.24) is 5.06 Å². The number of allylic oxidation sites excluding steroid dienone is 3. The lowest BCUT2D eigenvalue weighted by Crippen LogP contribution is -2.46. The summed E-state index contributed by atoms with van der Waals surface area (Å²) in [6.07, 6.45) is 9.71. The number of rotatable bonds is 2. The number of piperidine rings is 1. The van der Waals surface area contributed by atoms with Crippen LogP contribution in [0.3, 0.4) is 0 Å². The summed E-state index contributed by atoms with van der Waals surface area (Å²) in [5, 5.41) is 2.18. The first-order chi connectivity index (χ1) is 8.39. The van der Waals surface area contributed by atoms with E-state index >= 15 is 0 Å². The fraction of sp³-hybridized carbons (Fsp3) is 0.625. The lowest BCUT2D eigenvalue weighted by Gasteiger charge is -2.38. The Bertz CT molecular complexity index is 400. The van der Waals surface area contributed by atoms with Crippen LogP contribution in [0.4, 0.5) is 0 Å². The fourth-order valence-corrected chi connectivity index (χ4v) is 2.88. The molecule has 0 bridgehead atoms. The Morgan fingerprint density at radius 1 is 1.33 bits per heavy atom. The Morgan fingerprint density at radius 2 is 2.06 bits per heavy atom. The summed E-state index contributed by atoms with van der Waals surface area (Å²) in [5.74, 6) is 1.12. The summed E-state index contributed by atoms with van der Waals surface area (Å²) in [4.78, 5) is 6.17. The van der Waals surface area contributed by atoms with E-state index in [0.717, 1.165) is 12.3 Å². The normalized spacial score (nSPS) is 29.6. The Labute approximate surface area is 111 Å². The molecule has 0 aromatic rings. The molecule has 0 saturated carbocycles. The summed E-state index contributed by atoms with van der Waals surface area (Å²) >= 11 is 0. The molecule has 100 valence electrons. The summed E-state index contributed by atoms with van der Waals surface area (Å²) in [6.45, 7) is 13.7. The Balaban J connectivity index is 2.46. The Morgan fingerprint density at radius 3 is 2.67 bits per heavy atom. The van der Waals surface area contributed by atoms with Crippen molar-refractivity contribution in [1.29, 1.82) is 0 Å². The summed E-state index contributed by atoms with van der Waals surface area (Å²) in [5.41, 5.74) is 1.41. The Hall–Kier alpha value is -1.02. The van der Waals surface area contributed by atoms with Gasteiger partial charge in [0, 0.05) is 17.5 Å². The highest BCUT2D eigenvalue weighted by Gasteiger charge is 2.48. The van der Waals surface area contributed by atoms with E-state index in [4.69, 9.17) is 4.84 Å². The predicted octanol–water partition coefficient (Wildman–Crippen LogP) is 4.22. The summed E-state index contributed by atoms with van der Waals surface area (Å²) in [6, 6.07) is 0. The van der Waals surface area contributed by atoms with E-state index in [2.05, 4.69) is 45.4 Å². The van der Waals surface area contributed by atoms with Crippen LogP contribution < -0.4 is 0 Å². The highest BCUT2D eigenvalue weighted by molar-refractivity contribution is 5.39. The molecule has 0 aliphatic carbocycles. The summed E-state index contributed by atoms with van der Waals surface area (Å²) < 4.78 is 0. The van der Waals surface area contributed by atoms with Crippen LogP contribution in [-0.4, -0.2) is 17.1 Å². The third-order valence-electron chi connectivity index (χ3n) is 3.93. The minimum atomic E-state index is 0.0420. The maximum absolute atomic E-state index is 6.17. The number of hydroxylamine groups is 2.